The number of carbonyl (C=O) groups excluding carboxylic acids is 2. The van der Waals surface area contributed by atoms with Crippen LogP contribution in [0.25, 0.3) is 16.0 Å². The highest BCUT2D eigenvalue weighted by molar-refractivity contribution is 7.22. The zero-order valence-corrected chi connectivity index (χ0v) is 21.1. The summed E-state index contributed by atoms with van der Waals surface area (Å²) in [7, 11) is 0. The maximum absolute atomic E-state index is 13.4. The molecule has 1 atom stereocenters. The summed E-state index contributed by atoms with van der Waals surface area (Å²) in [6.07, 6.45) is 0. The monoisotopic (exact) mass is 498 g/mol. The molecule has 0 bridgehead atoms. The van der Waals surface area contributed by atoms with Crippen molar-refractivity contribution in [1.82, 2.24) is 4.98 Å². The van der Waals surface area contributed by atoms with E-state index in [0.717, 1.165) is 15.8 Å². The van der Waals surface area contributed by atoms with Crippen molar-refractivity contribution < 1.29 is 19.4 Å². The molecule has 4 aromatic rings. The fraction of sp³-hybridized carbons (Fsp3) is 0.207. The molecule has 1 N–H and O–H groups in total. The first kappa shape index (κ1) is 23.8. The molecular formula is C29H26N2O4S. The first-order valence-corrected chi connectivity index (χ1v) is 12.7. The van der Waals surface area contributed by atoms with Gasteiger partial charge in [0.1, 0.15) is 11.5 Å². The summed E-state index contributed by atoms with van der Waals surface area (Å²) in [5.74, 6) is -0.599. The molecule has 0 saturated carbocycles. The van der Waals surface area contributed by atoms with Gasteiger partial charge in [-0.3, -0.25) is 14.5 Å². The van der Waals surface area contributed by atoms with Crippen LogP contribution < -0.4 is 9.64 Å². The highest BCUT2D eigenvalue weighted by Gasteiger charge is 2.48. The molecule has 5 rings (SSSR count). The van der Waals surface area contributed by atoms with Crippen molar-refractivity contribution in [2.75, 3.05) is 11.5 Å². The largest absolute Gasteiger partial charge is 0.507 e. The van der Waals surface area contributed by atoms with Gasteiger partial charge in [-0.05, 0) is 42.2 Å². The Hall–Kier alpha value is -3.97. The van der Waals surface area contributed by atoms with E-state index in [4.69, 9.17) is 4.74 Å². The normalized spacial score (nSPS) is 17.3. The smallest absolute Gasteiger partial charge is 0.301 e. The van der Waals surface area contributed by atoms with Gasteiger partial charge in [0.05, 0.1) is 28.4 Å². The van der Waals surface area contributed by atoms with Gasteiger partial charge in [-0.2, -0.15) is 0 Å². The Balaban J connectivity index is 1.68. The van der Waals surface area contributed by atoms with Crippen LogP contribution in [0, 0.1) is 0 Å². The molecule has 182 valence electrons. The number of anilines is 1. The van der Waals surface area contributed by atoms with E-state index in [1.54, 1.807) is 24.3 Å². The van der Waals surface area contributed by atoms with Gasteiger partial charge in [-0.25, -0.2) is 4.98 Å². The number of hydrogen-bond donors (Lipinski definition) is 1. The van der Waals surface area contributed by atoms with Gasteiger partial charge in [0, 0.05) is 5.56 Å². The Morgan fingerprint density at radius 1 is 1.06 bits per heavy atom. The number of thiazole rings is 1. The molecule has 0 aliphatic carbocycles. The summed E-state index contributed by atoms with van der Waals surface area (Å²) in [6.45, 7) is 6.67. The number of aliphatic hydroxyl groups is 1. The third kappa shape index (κ3) is 4.16. The second-order valence-corrected chi connectivity index (χ2v) is 9.92. The van der Waals surface area contributed by atoms with Gasteiger partial charge in [0.25, 0.3) is 5.78 Å². The van der Waals surface area contributed by atoms with E-state index in [-0.39, 0.29) is 11.3 Å². The summed E-state index contributed by atoms with van der Waals surface area (Å²) in [5, 5.41) is 11.6. The van der Waals surface area contributed by atoms with E-state index in [1.165, 1.54) is 16.2 Å². The molecule has 0 radical (unpaired) electrons. The van der Waals surface area contributed by atoms with Crippen molar-refractivity contribution in [3.8, 4) is 5.75 Å². The predicted octanol–water partition coefficient (Wildman–Crippen LogP) is 6.44. The summed E-state index contributed by atoms with van der Waals surface area (Å²) in [6, 6.07) is 21.4. The molecule has 1 saturated heterocycles. The van der Waals surface area contributed by atoms with Gasteiger partial charge in [-0.1, -0.05) is 79.8 Å². The number of aliphatic hydroxyl groups excluding tert-OH is 1. The number of rotatable bonds is 6. The van der Waals surface area contributed by atoms with Crippen molar-refractivity contribution in [2.24, 2.45) is 0 Å². The number of nitrogens with zero attached hydrogens (tertiary/aromatic N) is 2. The first-order chi connectivity index (χ1) is 17.4. The van der Waals surface area contributed by atoms with Gasteiger partial charge in [0.2, 0.25) is 0 Å². The van der Waals surface area contributed by atoms with Crippen LogP contribution in [-0.2, 0) is 9.59 Å². The summed E-state index contributed by atoms with van der Waals surface area (Å²) in [5.41, 5.74) is 3.10. The molecule has 1 aromatic heterocycles. The van der Waals surface area contributed by atoms with Gasteiger partial charge in [0.15, 0.2) is 5.13 Å². The third-order valence-electron chi connectivity index (χ3n) is 6.28. The van der Waals surface area contributed by atoms with E-state index >= 15 is 0 Å². The van der Waals surface area contributed by atoms with Gasteiger partial charge >= 0.3 is 5.91 Å². The molecule has 1 aliphatic heterocycles. The minimum Gasteiger partial charge on any atom is -0.507 e. The Labute approximate surface area is 213 Å². The summed E-state index contributed by atoms with van der Waals surface area (Å²) >= 11 is 1.31. The minimum absolute atomic E-state index is 0.0535. The molecule has 0 spiro atoms. The summed E-state index contributed by atoms with van der Waals surface area (Å²) in [4.78, 5) is 32.9. The first-order valence-electron chi connectivity index (χ1n) is 11.9. The fourth-order valence-corrected chi connectivity index (χ4v) is 5.43. The van der Waals surface area contributed by atoms with Crippen LogP contribution in [0.1, 0.15) is 49.4 Å². The van der Waals surface area contributed by atoms with E-state index < -0.39 is 17.7 Å². The topological polar surface area (TPSA) is 79.7 Å². The Morgan fingerprint density at radius 3 is 2.44 bits per heavy atom. The number of ketones is 1. The lowest BCUT2D eigenvalue weighted by atomic mass is 9.93. The molecule has 1 aliphatic rings. The zero-order valence-electron chi connectivity index (χ0n) is 20.3. The number of ether oxygens (including phenoxy) is 1. The van der Waals surface area contributed by atoms with E-state index in [9.17, 15) is 14.7 Å². The third-order valence-corrected chi connectivity index (χ3v) is 7.29. The second-order valence-electron chi connectivity index (χ2n) is 8.92. The van der Waals surface area contributed by atoms with Gasteiger partial charge in [-0.15, -0.1) is 0 Å². The maximum atomic E-state index is 13.4. The standard InChI is InChI=1S/C29H26N2O4S/c1-4-35-21-14-15-22-23(16-21)36-29(30-22)31-25(19-12-10-18(11-13-19)17(2)3)24(27(33)28(31)34)26(32)20-8-6-5-7-9-20/h5-17,25,32H,4H2,1-3H3/t25-/m1/s1. The number of aromatic nitrogens is 1. The average Bonchev–Trinajstić information content (AvgIpc) is 3.42. The molecule has 1 fully saturated rings. The zero-order chi connectivity index (χ0) is 25.4. The molecule has 36 heavy (non-hydrogen) atoms. The SMILES string of the molecule is CCOc1ccc2nc(N3C(=O)C(=O)C(=C(O)c4ccccc4)[C@H]3c3ccc(C(C)C)cc3)sc2c1. The minimum atomic E-state index is -0.807. The van der Waals surface area contributed by atoms with Crippen molar-refractivity contribution >= 4 is 44.1 Å². The van der Waals surface area contributed by atoms with E-state index in [1.807, 2.05) is 55.5 Å². The second kappa shape index (κ2) is 9.59. The van der Waals surface area contributed by atoms with Crippen LogP contribution in [-0.4, -0.2) is 28.4 Å². The number of benzene rings is 3. The van der Waals surface area contributed by atoms with Gasteiger partial charge < -0.3 is 9.84 Å². The predicted molar refractivity (Wildman–Crippen MR) is 143 cm³/mol. The van der Waals surface area contributed by atoms with E-state index in [2.05, 4.69) is 18.8 Å². The fourth-order valence-electron chi connectivity index (χ4n) is 4.41. The summed E-state index contributed by atoms with van der Waals surface area (Å²) < 4.78 is 6.45. The van der Waals surface area contributed by atoms with Crippen LogP contribution in [0.15, 0.2) is 78.4 Å². The van der Waals surface area contributed by atoms with Crippen molar-refractivity contribution in [2.45, 2.75) is 32.7 Å². The molecule has 6 nitrogen and oxygen atoms in total. The molecular weight excluding hydrogens is 472 g/mol. The average molecular weight is 499 g/mol. The maximum Gasteiger partial charge on any atom is 0.301 e. The van der Waals surface area contributed by atoms with Crippen LogP contribution >= 0.6 is 11.3 Å². The molecule has 1 amide bonds. The number of Topliss-reactive ketones (excluding diaryl/α,β-unsaturated/α-hetero) is 1. The Bertz CT molecular complexity index is 1470. The lowest BCUT2D eigenvalue weighted by Gasteiger charge is -2.23. The molecule has 7 heteroatoms. The molecule has 0 unspecified atom stereocenters. The van der Waals surface area contributed by atoms with Crippen LogP contribution in [0.4, 0.5) is 5.13 Å². The Kier molecular flexibility index (Phi) is 6.33. The van der Waals surface area contributed by atoms with Crippen LogP contribution in [0.2, 0.25) is 0 Å². The van der Waals surface area contributed by atoms with Crippen LogP contribution in [0.3, 0.4) is 0 Å². The molecule has 3 aromatic carbocycles. The highest BCUT2D eigenvalue weighted by Crippen LogP contribution is 2.44. The number of fused-ring (bicyclic) bond motifs is 1. The number of carbonyl (C=O) groups is 2. The van der Waals surface area contributed by atoms with E-state index in [0.29, 0.717) is 34.5 Å². The lowest BCUT2D eigenvalue weighted by Crippen LogP contribution is -2.29. The van der Waals surface area contributed by atoms with Crippen molar-refractivity contribution in [1.29, 1.82) is 0 Å². The molecule has 2 heterocycles. The number of hydrogen-bond acceptors (Lipinski definition) is 6. The van der Waals surface area contributed by atoms with Crippen molar-refractivity contribution in [3.63, 3.8) is 0 Å². The lowest BCUT2D eigenvalue weighted by molar-refractivity contribution is -0.132. The Morgan fingerprint density at radius 2 is 1.78 bits per heavy atom. The highest BCUT2D eigenvalue weighted by atomic mass is 32.1. The van der Waals surface area contributed by atoms with Crippen molar-refractivity contribution in [3.05, 3.63) is 95.1 Å². The quantitative estimate of drug-likeness (QED) is 0.188. The van der Waals surface area contributed by atoms with Crippen LogP contribution in [0.5, 0.6) is 5.75 Å². The number of amides is 1.